The van der Waals surface area contributed by atoms with Gasteiger partial charge in [0, 0.05) is 26.0 Å². The third-order valence-corrected chi connectivity index (χ3v) is 2.52. The van der Waals surface area contributed by atoms with Gasteiger partial charge in [0.15, 0.2) is 0 Å². The topological polar surface area (TPSA) is 59.2 Å². The lowest BCUT2D eigenvalue weighted by Crippen LogP contribution is -2.44. The van der Waals surface area contributed by atoms with Crippen LogP contribution in [0.15, 0.2) is 24.5 Å². The van der Waals surface area contributed by atoms with Crippen LogP contribution in [0.3, 0.4) is 0 Å². The molecule has 0 aliphatic carbocycles. The molecule has 1 rings (SSSR count). The lowest BCUT2D eigenvalue weighted by Gasteiger charge is -2.23. The van der Waals surface area contributed by atoms with Crippen LogP contribution in [0.4, 0.5) is 0 Å². The van der Waals surface area contributed by atoms with Crippen molar-refractivity contribution in [1.29, 1.82) is 0 Å². The largest absolute Gasteiger partial charge is 0.340 e. The predicted molar refractivity (Wildman–Crippen MR) is 78.0 cm³/mol. The third-order valence-electron chi connectivity index (χ3n) is 2.52. The van der Waals surface area contributed by atoms with Crippen molar-refractivity contribution in [3.8, 4) is 0 Å². The van der Waals surface area contributed by atoms with Gasteiger partial charge in [0.25, 0.3) is 0 Å². The number of aromatic nitrogens is 1. The normalized spacial score (nSPS) is 11.2. The summed E-state index contributed by atoms with van der Waals surface area (Å²) in [5.41, 5.74) is 6.82. The summed E-state index contributed by atoms with van der Waals surface area (Å²) in [6.07, 6.45) is 3.47. The minimum atomic E-state index is -0.429. The highest BCUT2D eigenvalue weighted by Crippen LogP contribution is 2.06. The molecule has 0 aliphatic rings. The summed E-state index contributed by atoms with van der Waals surface area (Å²) in [5.74, 6) is 0.128. The Kier molecular flexibility index (Phi) is 9.90. The lowest BCUT2D eigenvalue weighted by atomic mass is 10.0. The highest BCUT2D eigenvalue weighted by molar-refractivity contribution is 5.85. The molecule has 1 aromatic heterocycles. The molecular formula is C12H21Cl2N3O. The minimum Gasteiger partial charge on any atom is -0.340 e. The molecule has 1 atom stereocenters. The van der Waals surface area contributed by atoms with Crippen LogP contribution in [-0.4, -0.2) is 28.9 Å². The molecule has 0 bridgehead atoms. The molecule has 0 saturated heterocycles. The zero-order valence-electron chi connectivity index (χ0n) is 10.9. The molecule has 2 N–H and O–H groups in total. The molecule has 4 nitrogen and oxygen atoms in total. The zero-order valence-corrected chi connectivity index (χ0v) is 12.5. The Morgan fingerprint density at radius 2 is 2.06 bits per heavy atom. The lowest BCUT2D eigenvalue weighted by molar-refractivity contribution is -0.132. The molecule has 0 radical (unpaired) electrons. The number of hydrogen-bond donors (Lipinski definition) is 1. The maximum atomic E-state index is 11.9. The second-order valence-electron chi connectivity index (χ2n) is 4.33. The van der Waals surface area contributed by atoms with Crippen LogP contribution in [0.2, 0.25) is 0 Å². The Hall–Kier alpha value is -0.840. The van der Waals surface area contributed by atoms with Crippen molar-refractivity contribution in [2.75, 3.05) is 7.05 Å². The van der Waals surface area contributed by atoms with Crippen molar-refractivity contribution in [3.05, 3.63) is 30.1 Å². The van der Waals surface area contributed by atoms with Crippen LogP contribution in [0.1, 0.15) is 19.4 Å². The Balaban J connectivity index is 0. The Labute approximate surface area is 121 Å². The first-order chi connectivity index (χ1) is 7.52. The van der Waals surface area contributed by atoms with E-state index in [1.165, 1.54) is 0 Å². The molecule has 1 aromatic rings. The summed E-state index contributed by atoms with van der Waals surface area (Å²) in [4.78, 5) is 17.5. The molecule has 0 aliphatic heterocycles. The van der Waals surface area contributed by atoms with Crippen molar-refractivity contribution >= 4 is 30.7 Å². The first-order valence-electron chi connectivity index (χ1n) is 5.42. The molecule has 0 unspecified atom stereocenters. The highest BCUT2D eigenvalue weighted by atomic mass is 35.5. The standard InChI is InChI=1S/C12H19N3O.2ClH/c1-9(2)11(13)12(16)15(3)8-10-5-4-6-14-7-10;;/h4-7,9,11H,8,13H2,1-3H3;2*1H/t11-;;/m0../s1. The van der Waals surface area contributed by atoms with Crippen LogP contribution in [0.5, 0.6) is 0 Å². The number of pyridine rings is 1. The van der Waals surface area contributed by atoms with Crippen molar-refractivity contribution in [3.63, 3.8) is 0 Å². The smallest absolute Gasteiger partial charge is 0.239 e. The third kappa shape index (κ3) is 5.67. The van der Waals surface area contributed by atoms with Gasteiger partial charge in [-0.2, -0.15) is 0 Å². The van der Waals surface area contributed by atoms with E-state index in [4.69, 9.17) is 5.73 Å². The quantitative estimate of drug-likeness (QED) is 0.922. The van der Waals surface area contributed by atoms with E-state index >= 15 is 0 Å². The van der Waals surface area contributed by atoms with E-state index in [0.717, 1.165) is 5.56 Å². The molecule has 1 amide bonds. The van der Waals surface area contributed by atoms with Crippen molar-refractivity contribution in [1.82, 2.24) is 9.88 Å². The van der Waals surface area contributed by atoms with Crippen LogP contribution < -0.4 is 5.73 Å². The van der Waals surface area contributed by atoms with Gasteiger partial charge in [-0.25, -0.2) is 0 Å². The number of hydrogen-bond acceptors (Lipinski definition) is 3. The summed E-state index contributed by atoms with van der Waals surface area (Å²) in [6, 6.07) is 3.37. The van der Waals surface area contributed by atoms with E-state index < -0.39 is 6.04 Å². The van der Waals surface area contributed by atoms with Crippen LogP contribution in [-0.2, 0) is 11.3 Å². The molecular weight excluding hydrogens is 273 g/mol. The van der Waals surface area contributed by atoms with Gasteiger partial charge < -0.3 is 10.6 Å². The second kappa shape index (κ2) is 9.14. The predicted octanol–water partition coefficient (Wildman–Crippen LogP) is 1.87. The van der Waals surface area contributed by atoms with E-state index in [-0.39, 0.29) is 36.6 Å². The van der Waals surface area contributed by atoms with E-state index in [1.807, 2.05) is 26.0 Å². The SMILES string of the molecule is CC(C)[C@H](N)C(=O)N(C)Cc1cccnc1.Cl.Cl. The fourth-order valence-corrected chi connectivity index (χ4v) is 1.38. The van der Waals surface area contributed by atoms with E-state index in [9.17, 15) is 4.79 Å². The Morgan fingerprint density at radius 1 is 1.44 bits per heavy atom. The van der Waals surface area contributed by atoms with E-state index in [2.05, 4.69) is 4.98 Å². The number of carbonyl (C=O) groups is 1. The number of nitrogens with zero attached hydrogens (tertiary/aromatic N) is 2. The van der Waals surface area contributed by atoms with Crippen LogP contribution in [0.25, 0.3) is 0 Å². The average molecular weight is 294 g/mol. The van der Waals surface area contributed by atoms with Crippen LogP contribution >= 0.6 is 24.8 Å². The van der Waals surface area contributed by atoms with Gasteiger partial charge in [-0.1, -0.05) is 19.9 Å². The molecule has 18 heavy (non-hydrogen) atoms. The molecule has 0 spiro atoms. The van der Waals surface area contributed by atoms with Gasteiger partial charge in [-0.15, -0.1) is 24.8 Å². The summed E-state index contributed by atoms with van der Waals surface area (Å²) in [5, 5.41) is 0. The maximum Gasteiger partial charge on any atom is 0.239 e. The summed E-state index contributed by atoms with van der Waals surface area (Å²) < 4.78 is 0. The van der Waals surface area contributed by atoms with Gasteiger partial charge in [-0.3, -0.25) is 9.78 Å². The monoisotopic (exact) mass is 293 g/mol. The van der Waals surface area contributed by atoms with Crippen molar-refractivity contribution in [2.45, 2.75) is 26.4 Å². The van der Waals surface area contributed by atoms with Gasteiger partial charge in [0.2, 0.25) is 5.91 Å². The molecule has 6 heteroatoms. The maximum absolute atomic E-state index is 11.9. The first-order valence-corrected chi connectivity index (χ1v) is 5.42. The molecule has 0 saturated carbocycles. The van der Waals surface area contributed by atoms with Crippen LogP contribution in [0, 0.1) is 5.92 Å². The Morgan fingerprint density at radius 3 is 2.50 bits per heavy atom. The number of likely N-dealkylation sites (N-methyl/N-ethyl adjacent to an activating group) is 1. The number of halogens is 2. The van der Waals surface area contributed by atoms with Crippen molar-refractivity contribution < 1.29 is 4.79 Å². The Bertz CT molecular complexity index is 346. The summed E-state index contributed by atoms with van der Waals surface area (Å²) in [7, 11) is 1.76. The van der Waals surface area contributed by atoms with Gasteiger partial charge >= 0.3 is 0 Å². The van der Waals surface area contributed by atoms with E-state index in [1.54, 1.807) is 24.3 Å². The molecule has 104 valence electrons. The van der Waals surface area contributed by atoms with Gasteiger partial charge in [-0.05, 0) is 17.5 Å². The van der Waals surface area contributed by atoms with Crippen molar-refractivity contribution in [2.24, 2.45) is 11.7 Å². The number of amides is 1. The fraction of sp³-hybridized carbons (Fsp3) is 0.500. The summed E-state index contributed by atoms with van der Waals surface area (Å²) >= 11 is 0. The van der Waals surface area contributed by atoms with Gasteiger partial charge in [0.05, 0.1) is 6.04 Å². The first kappa shape index (κ1) is 19.5. The number of carbonyl (C=O) groups excluding carboxylic acids is 1. The second-order valence-corrected chi connectivity index (χ2v) is 4.33. The molecule has 0 fully saturated rings. The average Bonchev–Trinajstić information content (AvgIpc) is 2.28. The zero-order chi connectivity index (χ0) is 12.1. The molecule has 0 aromatic carbocycles. The number of nitrogens with two attached hydrogens (primary N) is 1. The number of rotatable bonds is 4. The highest BCUT2D eigenvalue weighted by Gasteiger charge is 2.20. The van der Waals surface area contributed by atoms with E-state index in [0.29, 0.717) is 6.54 Å². The summed E-state index contributed by atoms with van der Waals surface area (Å²) in [6.45, 7) is 4.44. The minimum absolute atomic E-state index is 0. The van der Waals surface area contributed by atoms with Gasteiger partial charge in [0.1, 0.15) is 0 Å². The fourth-order valence-electron chi connectivity index (χ4n) is 1.38. The molecule has 1 heterocycles.